The van der Waals surface area contributed by atoms with Crippen molar-refractivity contribution in [3.05, 3.63) is 114 Å². The van der Waals surface area contributed by atoms with Crippen molar-refractivity contribution >= 4 is 48.5 Å². The first kappa shape index (κ1) is 28.1. The van der Waals surface area contributed by atoms with Gasteiger partial charge in [0.2, 0.25) is 0 Å². The first-order valence-electron chi connectivity index (χ1n) is 13.1. The quantitative estimate of drug-likeness (QED) is 0.271. The van der Waals surface area contributed by atoms with Crippen LogP contribution in [-0.4, -0.2) is 67.1 Å². The van der Waals surface area contributed by atoms with Gasteiger partial charge in [0.25, 0.3) is 26.0 Å². The third-order valence-corrected chi connectivity index (χ3v) is 11.2. The number of carbonyl (C=O) groups is 1. The number of hydrogen-bond donors (Lipinski definition) is 0. The third kappa shape index (κ3) is 5.09. The van der Waals surface area contributed by atoms with E-state index in [0.717, 1.165) is 15.1 Å². The SMILES string of the molecule is O=C(c1ccc(-c2ccncc2)cc1)N1CCN(S(=O)(=O)c2cc3cc(Cl)ccc3n2S(=O)(=O)c2ccccc2)CC1. The van der Waals surface area contributed by atoms with Gasteiger partial charge in [-0.15, -0.1) is 0 Å². The summed E-state index contributed by atoms with van der Waals surface area (Å²) in [5.74, 6) is -0.205. The molecule has 0 unspecified atom stereocenters. The van der Waals surface area contributed by atoms with Crippen molar-refractivity contribution in [1.29, 1.82) is 0 Å². The second kappa shape index (κ2) is 11.0. The van der Waals surface area contributed by atoms with Gasteiger partial charge >= 0.3 is 0 Å². The minimum absolute atomic E-state index is 0.0108. The number of carbonyl (C=O) groups excluding carboxylic acids is 1. The number of fused-ring (bicyclic) bond motifs is 1. The first-order valence-corrected chi connectivity index (χ1v) is 16.3. The maximum absolute atomic E-state index is 14.0. The molecule has 3 aromatic carbocycles. The molecule has 1 fully saturated rings. The van der Waals surface area contributed by atoms with E-state index >= 15 is 0 Å². The van der Waals surface area contributed by atoms with E-state index in [2.05, 4.69) is 4.98 Å². The fourth-order valence-corrected chi connectivity index (χ4v) is 8.73. The second-order valence-corrected chi connectivity index (χ2v) is 13.9. The number of piperazine rings is 1. The van der Waals surface area contributed by atoms with Gasteiger partial charge in [0, 0.05) is 54.5 Å². The number of benzene rings is 3. The van der Waals surface area contributed by atoms with E-state index < -0.39 is 20.0 Å². The van der Waals surface area contributed by atoms with Crippen LogP contribution < -0.4 is 0 Å². The van der Waals surface area contributed by atoms with Gasteiger partial charge in [0.05, 0.1) is 10.4 Å². The van der Waals surface area contributed by atoms with Crippen LogP contribution in [0.3, 0.4) is 0 Å². The van der Waals surface area contributed by atoms with Crippen molar-refractivity contribution in [2.75, 3.05) is 26.2 Å². The Hall–Kier alpha value is -4.03. The van der Waals surface area contributed by atoms with Gasteiger partial charge in [0.1, 0.15) is 0 Å². The molecule has 1 aliphatic rings. The maximum Gasteiger partial charge on any atom is 0.269 e. The molecule has 1 amide bonds. The molecular weight excluding hydrogens is 596 g/mol. The lowest BCUT2D eigenvalue weighted by Crippen LogP contribution is -2.50. The average molecular weight is 621 g/mol. The van der Waals surface area contributed by atoms with E-state index in [1.807, 2.05) is 24.3 Å². The van der Waals surface area contributed by atoms with Crippen LogP contribution in [0.15, 0.2) is 113 Å². The summed E-state index contributed by atoms with van der Waals surface area (Å²) >= 11 is 6.15. The molecule has 9 nitrogen and oxygen atoms in total. The molecule has 1 aliphatic heterocycles. The molecule has 0 atom stereocenters. The van der Waals surface area contributed by atoms with Gasteiger partial charge < -0.3 is 4.90 Å². The molecule has 12 heteroatoms. The number of rotatable bonds is 6. The van der Waals surface area contributed by atoms with Crippen LogP contribution >= 0.6 is 11.6 Å². The van der Waals surface area contributed by atoms with Crippen LogP contribution in [0.5, 0.6) is 0 Å². The minimum Gasteiger partial charge on any atom is -0.336 e. The van der Waals surface area contributed by atoms with Crippen LogP contribution in [0.2, 0.25) is 5.02 Å². The third-order valence-electron chi connectivity index (χ3n) is 7.24. The largest absolute Gasteiger partial charge is 0.336 e. The van der Waals surface area contributed by atoms with Gasteiger partial charge in [-0.3, -0.25) is 9.78 Å². The number of halogens is 1. The smallest absolute Gasteiger partial charge is 0.269 e. The maximum atomic E-state index is 14.0. The van der Waals surface area contributed by atoms with Crippen molar-refractivity contribution < 1.29 is 21.6 Å². The summed E-state index contributed by atoms with van der Waals surface area (Å²) in [5, 5.41) is 0.348. The lowest BCUT2D eigenvalue weighted by Gasteiger charge is -2.34. The molecule has 0 saturated carbocycles. The fourth-order valence-electron chi connectivity index (χ4n) is 5.06. The molecule has 1 saturated heterocycles. The lowest BCUT2D eigenvalue weighted by atomic mass is 10.0. The Bertz CT molecular complexity index is 1990. The number of pyridine rings is 1. The molecule has 0 bridgehead atoms. The monoisotopic (exact) mass is 620 g/mol. The Morgan fingerprint density at radius 3 is 2.02 bits per heavy atom. The summed E-state index contributed by atoms with van der Waals surface area (Å²) in [6, 6.07) is 24.5. The van der Waals surface area contributed by atoms with Gasteiger partial charge in [-0.2, -0.15) is 4.31 Å². The normalized spacial score (nSPS) is 14.7. The molecule has 0 radical (unpaired) electrons. The van der Waals surface area contributed by atoms with E-state index in [9.17, 15) is 21.6 Å². The zero-order valence-electron chi connectivity index (χ0n) is 22.2. The summed E-state index contributed by atoms with van der Waals surface area (Å²) in [4.78, 5) is 18.8. The highest BCUT2D eigenvalue weighted by Gasteiger charge is 2.36. The summed E-state index contributed by atoms with van der Waals surface area (Å²) in [7, 11) is -8.55. The van der Waals surface area contributed by atoms with E-state index in [4.69, 9.17) is 11.6 Å². The van der Waals surface area contributed by atoms with Gasteiger partial charge in [-0.25, -0.2) is 20.8 Å². The van der Waals surface area contributed by atoms with Gasteiger partial charge in [-0.1, -0.05) is 41.9 Å². The molecule has 214 valence electrons. The summed E-state index contributed by atoms with van der Waals surface area (Å²) in [6.45, 7) is 0.330. The Labute approximate surface area is 248 Å². The van der Waals surface area contributed by atoms with E-state index in [0.29, 0.717) is 16.0 Å². The van der Waals surface area contributed by atoms with E-state index in [-0.39, 0.29) is 47.5 Å². The predicted octanol–water partition coefficient (Wildman–Crippen LogP) is 4.74. The van der Waals surface area contributed by atoms with Crippen LogP contribution in [0.4, 0.5) is 0 Å². The zero-order valence-corrected chi connectivity index (χ0v) is 24.6. The molecule has 2 aromatic heterocycles. The second-order valence-electron chi connectivity index (χ2n) is 9.78. The van der Waals surface area contributed by atoms with Crippen LogP contribution in [0, 0.1) is 0 Å². The van der Waals surface area contributed by atoms with Crippen LogP contribution in [0.25, 0.3) is 22.0 Å². The zero-order chi connectivity index (χ0) is 29.5. The minimum atomic E-state index is -4.28. The summed E-state index contributed by atoms with van der Waals surface area (Å²) in [6.07, 6.45) is 3.40. The number of aromatic nitrogens is 2. The molecule has 6 rings (SSSR count). The molecule has 0 N–H and O–H groups in total. The Morgan fingerprint density at radius 2 is 1.36 bits per heavy atom. The summed E-state index contributed by atoms with van der Waals surface area (Å²) < 4.78 is 57.5. The standard InChI is InChI=1S/C30H25ClN4O5S2/c31-26-10-11-28-25(20-26)21-29(35(28)41(37,38)27-4-2-1-3-5-27)42(39,40)34-18-16-33(17-19-34)30(36)24-8-6-22(7-9-24)23-12-14-32-15-13-23/h1-15,20-21H,16-19H2. The Balaban J connectivity index is 1.26. The van der Waals surface area contributed by atoms with Gasteiger partial charge in [-0.05, 0) is 71.8 Å². The lowest BCUT2D eigenvalue weighted by molar-refractivity contribution is 0.0698. The molecule has 3 heterocycles. The van der Waals surface area contributed by atoms with Crippen molar-refractivity contribution in [2.45, 2.75) is 9.92 Å². The van der Waals surface area contributed by atoms with E-state index in [1.54, 1.807) is 47.6 Å². The number of hydrogen-bond acceptors (Lipinski definition) is 6. The first-order chi connectivity index (χ1) is 20.2. The average Bonchev–Trinajstić information content (AvgIpc) is 3.42. The van der Waals surface area contributed by atoms with Crippen LogP contribution in [-0.2, 0) is 20.0 Å². The highest BCUT2D eigenvalue weighted by Crippen LogP contribution is 2.32. The Morgan fingerprint density at radius 1 is 0.714 bits per heavy atom. The molecule has 0 spiro atoms. The van der Waals surface area contributed by atoms with E-state index in [1.165, 1.54) is 40.7 Å². The van der Waals surface area contributed by atoms with Crippen molar-refractivity contribution in [3.63, 3.8) is 0 Å². The Kier molecular flexibility index (Phi) is 7.36. The topological polar surface area (TPSA) is 110 Å². The molecule has 0 aliphatic carbocycles. The van der Waals surface area contributed by atoms with Crippen LogP contribution in [0.1, 0.15) is 10.4 Å². The highest BCUT2D eigenvalue weighted by atomic mass is 35.5. The fraction of sp³-hybridized carbons (Fsp3) is 0.133. The van der Waals surface area contributed by atoms with Gasteiger partial charge in [0.15, 0.2) is 5.03 Å². The number of amides is 1. The number of nitrogens with zero attached hydrogens (tertiary/aromatic N) is 4. The molecule has 5 aromatic rings. The van der Waals surface area contributed by atoms with Crippen molar-refractivity contribution in [1.82, 2.24) is 18.2 Å². The highest BCUT2D eigenvalue weighted by molar-refractivity contribution is 7.92. The summed E-state index contributed by atoms with van der Waals surface area (Å²) in [5.41, 5.74) is 2.63. The predicted molar refractivity (Wildman–Crippen MR) is 160 cm³/mol. The number of sulfonamides is 1. The van der Waals surface area contributed by atoms with Crippen molar-refractivity contribution in [2.24, 2.45) is 0 Å². The molecular formula is C30H25ClN4O5S2. The van der Waals surface area contributed by atoms with Crippen molar-refractivity contribution in [3.8, 4) is 11.1 Å². The molecule has 42 heavy (non-hydrogen) atoms.